The molecule has 0 aromatic heterocycles. The molecule has 2 rings (SSSR count). The minimum absolute atomic E-state index is 0.0392. The standard InChI is InChI=1S/C24H22O4/c1-3-5-17-24(16-4-2,22(25)27-18-20-12-8-6-9-13-20)23(26)28-19-21-14-10-7-11-15-21/h2,6-15H,16-19H2,1H3. The molecule has 0 radical (unpaired) electrons. The summed E-state index contributed by atoms with van der Waals surface area (Å²) < 4.78 is 10.8. The molecule has 4 heteroatoms. The normalized spacial score (nSPS) is 10.1. The predicted octanol–water partition coefficient (Wildman–Crippen LogP) is 3.90. The topological polar surface area (TPSA) is 52.6 Å². The largest absolute Gasteiger partial charge is 0.460 e. The molecule has 0 amide bonds. The molecule has 2 aromatic rings. The smallest absolute Gasteiger partial charge is 0.325 e. The molecule has 0 N–H and O–H groups in total. The van der Waals surface area contributed by atoms with Gasteiger partial charge < -0.3 is 9.47 Å². The molecule has 0 fully saturated rings. The van der Waals surface area contributed by atoms with Gasteiger partial charge in [0.25, 0.3) is 0 Å². The van der Waals surface area contributed by atoms with Crippen molar-refractivity contribution in [1.82, 2.24) is 0 Å². The summed E-state index contributed by atoms with van der Waals surface area (Å²) in [6.45, 7) is 1.71. The van der Waals surface area contributed by atoms with Crippen molar-refractivity contribution in [3.05, 3.63) is 71.8 Å². The maximum atomic E-state index is 12.9. The highest BCUT2D eigenvalue weighted by Gasteiger charge is 2.48. The van der Waals surface area contributed by atoms with Crippen LogP contribution in [0.3, 0.4) is 0 Å². The summed E-state index contributed by atoms with van der Waals surface area (Å²) in [4.78, 5) is 25.8. The fraction of sp³-hybridized carbons (Fsp3) is 0.250. The molecule has 0 saturated heterocycles. The van der Waals surface area contributed by atoms with Gasteiger partial charge in [0.2, 0.25) is 0 Å². The second-order valence-electron chi connectivity index (χ2n) is 6.19. The van der Waals surface area contributed by atoms with Crippen molar-refractivity contribution in [3.63, 3.8) is 0 Å². The summed E-state index contributed by atoms with van der Waals surface area (Å²) in [6.07, 6.45) is 5.25. The maximum Gasteiger partial charge on any atom is 0.325 e. The molecule has 0 spiro atoms. The Kier molecular flexibility index (Phi) is 7.88. The summed E-state index contributed by atoms with van der Waals surface area (Å²) in [6, 6.07) is 18.4. The predicted molar refractivity (Wildman–Crippen MR) is 106 cm³/mol. The minimum atomic E-state index is -1.65. The first-order chi connectivity index (χ1) is 13.6. The van der Waals surface area contributed by atoms with Crippen molar-refractivity contribution < 1.29 is 19.1 Å². The van der Waals surface area contributed by atoms with Crippen LogP contribution in [0.15, 0.2) is 60.7 Å². The lowest BCUT2D eigenvalue weighted by molar-refractivity contribution is -0.173. The van der Waals surface area contributed by atoms with Crippen LogP contribution in [-0.2, 0) is 32.3 Å². The zero-order valence-corrected chi connectivity index (χ0v) is 15.8. The molecule has 2 aromatic carbocycles. The van der Waals surface area contributed by atoms with E-state index in [1.807, 2.05) is 60.7 Å². The van der Waals surface area contributed by atoms with E-state index in [1.165, 1.54) is 0 Å². The molecule has 0 saturated carbocycles. The highest BCUT2D eigenvalue weighted by molar-refractivity contribution is 6.00. The Morgan fingerprint density at radius 2 is 1.32 bits per heavy atom. The van der Waals surface area contributed by atoms with Crippen LogP contribution in [0.1, 0.15) is 30.9 Å². The number of esters is 2. The van der Waals surface area contributed by atoms with Crippen molar-refractivity contribution in [2.75, 3.05) is 0 Å². The molecule has 0 aliphatic carbocycles. The molecule has 0 unspecified atom stereocenters. The molecule has 0 aliphatic rings. The number of carbonyl (C=O) groups excluding carboxylic acids is 2. The Morgan fingerprint density at radius 3 is 1.71 bits per heavy atom. The SMILES string of the molecule is C#CCC(CC#CC)(C(=O)OCc1ccccc1)C(=O)OCc1ccccc1. The molecule has 0 heterocycles. The second kappa shape index (κ2) is 10.6. The van der Waals surface area contributed by atoms with Crippen LogP contribution in [0.5, 0.6) is 0 Å². The summed E-state index contributed by atoms with van der Waals surface area (Å²) >= 11 is 0. The van der Waals surface area contributed by atoms with Crippen LogP contribution < -0.4 is 0 Å². The van der Waals surface area contributed by atoms with Crippen molar-refractivity contribution >= 4 is 11.9 Å². The van der Waals surface area contributed by atoms with Crippen LogP contribution >= 0.6 is 0 Å². The number of benzene rings is 2. The lowest BCUT2D eigenvalue weighted by atomic mass is 9.81. The number of rotatable bonds is 8. The van der Waals surface area contributed by atoms with E-state index >= 15 is 0 Å². The molecular weight excluding hydrogens is 352 g/mol. The first-order valence-corrected chi connectivity index (χ1v) is 8.88. The van der Waals surface area contributed by atoms with Crippen molar-refractivity contribution in [3.8, 4) is 24.2 Å². The highest BCUT2D eigenvalue weighted by atomic mass is 16.6. The first kappa shape index (κ1) is 20.8. The molecule has 0 bridgehead atoms. The van der Waals surface area contributed by atoms with E-state index in [9.17, 15) is 9.59 Å². The van der Waals surface area contributed by atoms with E-state index in [1.54, 1.807) is 6.92 Å². The Labute approximate surface area is 165 Å². The Balaban J connectivity index is 2.18. The van der Waals surface area contributed by atoms with Gasteiger partial charge in [-0.15, -0.1) is 24.2 Å². The quantitative estimate of drug-likeness (QED) is 0.400. The Hall–Kier alpha value is -3.50. The first-order valence-electron chi connectivity index (χ1n) is 8.88. The summed E-state index contributed by atoms with van der Waals surface area (Å²) in [5, 5.41) is 0. The van der Waals surface area contributed by atoms with Crippen molar-refractivity contribution in [1.29, 1.82) is 0 Å². The Morgan fingerprint density at radius 1 is 0.857 bits per heavy atom. The molecular formula is C24H22O4. The van der Waals surface area contributed by atoms with Gasteiger partial charge in [0, 0.05) is 12.8 Å². The van der Waals surface area contributed by atoms with E-state index in [4.69, 9.17) is 15.9 Å². The van der Waals surface area contributed by atoms with Crippen LogP contribution in [0.25, 0.3) is 0 Å². The lowest BCUT2D eigenvalue weighted by Crippen LogP contribution is -2.41. The van der Waals surface area contributed by atoms with Gasteiger partial charge in [-0.3, -0.25) is 9.59 Å². The van der Waals surface area contributed by atoms with Crippen LogP contribution in [-0.4, -0.2) is 11.9 Å². The van der Waals surface area contributed by atoms with Crippen molar-refractivity contribution in [2.24, 2.45) is 5.41 Å². The number of hydrogen-bond donors (Lipinski definition) is 0. The van der Waals surface area contributed by atoms with Crippen molar-refractivity contribution in [2.45, 2.75) is 33.0 Å². The van der Waals surface area contributed by atoms with Gasteiger partial charge in [-0.1, -0.05) is 60.7 Å². The summed E-state index contributed by atoms with van der Waals surface area (Å²) in [5.74, 6) is 6.44. The zero-order valence-electron chi connectivity index (χ0n) is 15.8. The van der Waals surface area contributed by atoms with Crippen LogP contribution in [0.4, 0.5) is 0 Å². The fourth-order valence-corrected chi connectivity index (χ4v) is 2.57. The van der Waals surface area contributed by atoms with Gasteiger partial charge in [-0.2, -0.15) is 0 Å². The molecule has 0 aliphatic heterocycles. The molecule has 28 heavy (non-hydrogen) atoms. The van der Waals surface area contributed by atoms with Crippen LogP contribution in [0, 0.1) is 29.6 Å². The van der Waals surface area contributed by atoms with Gasteiger partial charge in [0.1, 0.15) is 13.2 Å². The second-order valence-corrected chi connectivity index (χ2v) is 6.19. The van der Waals surface area contributed by atoms with E-state index in [2.05, 4.69) is 17.8 Å². The summed E-state index contributed by atoms with van der Waals surface area (Å²) in [5.41, 5.74) is -0.0317. The average Bonchev–Trinajstić information content (AvgIpc) is 2.74. The zero-order chi connectivity index (χ0) is 20.2. The van der Waals surface area contributed by atoms with Gasteiger partial charge >= 0.3 is 11.9 Å². The number of hydrogen-bond acceptors (Lipinski definition) is 4. The minimum Gasteiger partial charge on any atom is -0.460 e. The Bertz CT molecular complexity index is 827. The third-order valence-corrected chi connectivity index (χ3v) is 4.18. The van der Waals surface area contributed by atoms with Gasteiger partial charge in [-0.25, -0.2) is 0 Å². The number of carbonyl (C=O) groups is 2. The maximum absolute atomic E-state index is 12.9. The fourth-order valence-electron chi connectivity index (χ4n) is 2.57. The van der Waals surface area contributed by atoms with Gasteiger partial charge in [0.05, 0.1) is 0 Å². The van der Waals surface area contributed by atoms with E-state index in [0.717, 1.165) is 11.1 Å². The van der Waals surface area contributed by atoms with E-state index in [-0.39, 0.29) is 26.1 Å². The van der Waals surface area contributed by atoms with E-state index < -0.39 is 17.4 Å². The average molecular weight is 374 g/mol. The van der Waals surface area contributed by atoms with Crippen LogP contribution in [0.2, 0.25) is 0 Å². The number of ether oxygens (including phenoxy) is 2. The van der Waals surface area contributed by atoms with Gasteiger partial charge in [0.15, 0.2) is 5.41 Å². The monoisotopic (exact) mass is 374 g/mol. The van der Waals surface area contributed by atoms with E-state index in [0.29, 0.717) is 0 Å². The van der Waals surface area contributed by atoms with Gasteiger partial charge in [-0.05, 0) is 18.1 Å². The number of terminal acetylenes is 1. The molecule has 0 atom stereocenters. The lowest BCUT2D eigenvalue weighted by Gasteiger charge is -2.26. The molecule has 142 valence electrons. The summed E-state index contributed by atoms with van der Waals surface area (Å²) in [7, 11) is 0. The molecule has 4 nitrogen and oxygen atoms in total. The highest BCUT2D eigenvalue weighted by Crippen LogP contribution is 2.31. The third-order valence-electron chi connectivity index (χ3n) is 4.18. The third kappa shape index (κ3) is 5.50.